The Balaban J connectivity index is 1.47. The molecular formula is C24H25F2NO3. The summed E-state index contributed by atoms with van der Waals surface area (Å²) in [6.45, 7) is 3.59. The molecule has 158 valence electrons. The van der Waals surface area contributed by atoms with Crippen molar-refractivity contribution in [3.8, 4) is 0 Å². The van der Waals surface area contributed by atoms with E-state index in [4.69, 9.17) is 0 Å². The Bertz CT molecular complexity index is 970. The molecule has 4 rings (SSSR count). The van der Waals surface area contributed by atoms with E-state index >= 15 is 0 Å². The van der Waals surface area contributed by atoms with Crippen molar-refractivity contribution in [1.29, 1.82) is 0 Å². The van der Waals surface area contributed by atoms with E-state index in [1.54, 1.807) is 6.92 Å². The van der Waals surface area contributed by atoms with Gasteiger partial charge in [-0.25, -0.2) is 8.78 Å². The van der Waals surface area contributed by atoms with Gasteiger partial charge in [-0.1, -0.05) is 36.4 Å². The van der Waals surface area contributed by atoms with Gasteiger partial charge in [0.25, 0.3) is 0 Å². The molecule has 2 unspecified atom stereocenters. The first kappa shape index (κ1) is 20.7. The predicted octanol–water partition coefficient (Wildman–Crippen LogP) is 3.93. The maximum absolute atomic E-state index is 13.7. The average molecular weight is 413 g/mol. The molecule has 0 amide bonds. The number of halogens is 2. The van der Waals surface area contributed by atoms with Crippen molar-refractivity contribution < 1.29 is 23.5 Å². The fourth-order valence-electron chi connectivity index (χ4n) is 5.09. The number of carbonyl (C=O) groups excluding carboxylic acids is 1. The quantitative estimate of drug-likeness (QED) is 0.780. The van der Waals surface area contributed by atoms with Crippen LogP contribution >= 0.6 is 0 Å². The summed E-state index contributed by atoms with van der Waals surface area (Å²) in [6.07, 6.45) is 1.77. The molecule has 1 aliphatic heterocycles. The lowest BCUT2D eigenvalue weighted by Gasteiger charge is -2.41. The molecule has 0 spiro atoms. The Morgan fingerprint density at radius 3 is 2.27 bits per heavy atom. The number of hydrogen-bond donors (Lipinski definition) is 1. The third kappa shape index (κ3) is 3.33. The smallest absolute Gasteiger partial charge is 0.314 e. The maximum Gasteiger partial charge on any atom is 0.314 e. The minimum Gasteiger partial charge on any atom is -0.481 e. The zero-order valence-electron chi connectivity index (χ0n) is 16.9. The molecule has 2 aromatic carbocycles. The second-order valence-corrected chi connectivity index (χ2v) is 8.61. The number of aliphatic carboxylic acids is 1. The van der Waals surface area contributed by atoms with Crippen LogP contribution in [-0.2, 0) is 20.4 Å². The summed E-state index contributed by atoms with van der Waals surface area (Å²) in [5, 5.41) is 9.84. The van der Waals surface area contributed by atoms with Crippen LogP contribution in [0.4, 0.5) is 8.78 Å². The van der Waals surface area contributed by atoms with Crippen LogP contribution < -0.4 is 0 Å². The average Bonchev–Trinajstić information content (AvgIpc) is 3.46. The van der Waals surface area contributed by atoms with E-state index in [0.717, 1.165) is 17.7 Å². The molecule has 2 atom stereocenters. The number of Topliss-reactive ketones (excluding diaryl/α,β-unsaturated/α-hetero) is 1. The number of carboxylic acid groups (broad SMARTS) is 1. The van der Waals surface area contributed by atoms with Gasteiger partial charge in [0, 0.05) is 6.54 Å². The number of benzene rings is 2. The Hall–Kier alpha value is -2.60. The number of ketones is 1. The molecule has 0 aromatic heterocycles. The number of piperidine rings is 1. The summed E-state index contributed by atoms with van der Waals surface area (Å²) in [5.41, 5.74) is -0.308. The lowest BCUT2D eigenvalue weighted by Crippen LogP contribution is -2.47. The minimum absolute atomic E-state index is 0.154. The molecule has 1 aliphatic carbocycles. The van der Waals surface area contributed by atoms with Gasteiger partial charge in [-0.15, -0.1) is 0 Å². The van der Waals surface area contributed by atoms with Gasteiger partial charge in [-0.2, -0.15) is 0 Å². The summed E-state index contributed by atoms with van der Waals surface area (Å²) in [7, 11) is 0. The van der Waals surface area contributed by atoms with Crippen molar-refractivity contribution in [2.24, 2.45) is 5.92 Å². The van der Waals surface area contributed by atoms with Crippen molar-refractivity contribution in [3.05, 3.63) is 71.3 Å². The molecule has 4 nitrogen and oxygen atoms in total. The van der Waals surface area contributed by atoms with E-state index in [2.05, 4.69) is 4.90 Å². The summed E-state index contributed by atoms with van der Waals surface area (Å²) < 4.78 is 27.0. The minimum atomic E-state index is -1.16. The largest absolute Gasteiger partial charge is 0.481 e. The van der Waals surface area contributed by atoms with E-state index in [0.29, 0.717) is 44.5 Å². The third-order valence-electron chi connectivity index (χ3n) is 7.11. The van der Waals surface area contributed by atoms with Crippen LogP contribution in [-0.4, -0.2) is 41.4 Å². The maximum atomic E-state index is 13.7. The molecular weight excluding hydrogens is 388 g/mol. The van der Waals surface area contributed by atoms with Crippen LogP contribution in [0.5, 0.6) is 0 Å². The normalized spacial score (nSPS) is 25.6. The molecule has 2 aromatic rings. The number of carbonyl (C=O) groups is 2. The van der Waals surface area contributed by atoms with E-state index < -0.39 is 28.4 Å². The summed E-state index contributed by atoms with van der Waals surface area (Å²) in [5.74, 6) is -3.01. The highest BCUT2D eigenvalue weighted by Crippen LogP contribution is 2.55. The van der Waals surface area contributed by atoms with Gasteiger partial charge in [-0.3, -0.25) is 9.59 Å². The van der Waals surface area contributed by atoms with Crippen molar-refractivity contribution in [2.45, 2.75) is 37.0 Å². The van der Waals surface area contributed by atoms with Crippen LogP contribution in [0.2, 0.25) is 0 Å². The van der Waals surface area contributed by atoms with E-state index in [-0.39, 0.29) is 11.7 Å². The monoisotopic (exact) mass is 413 g/mol. The fraction of sp³-hybridized carbons (Fsp3) is 0.417. The Morgan fingerprint density at radius 2 is 1.70 bits per heavy atom. The molecule has 1 saturated carbocycles. The topological polar surface area (TPSA) is 57.6 Å². The summed E-state index contributed by atoms with van der Waals surface area (Å²) >= 11 is 0. The zero-order valence-corrected chi connectivity index (χ0v) is 16.9. The van der Waals surface area contributed by atoms with Crippen LogP contribution in [0.25, 0.3) is 0 Å². The van der Waals surface area contributed by atoms with Crippen LogP contribution in [0, 0.1) is 17.6 Å². The van der Waals surface area contributed by atoms with E-state index in [9.17, 15) is 23.5 Å². The molecule has 30 heavy (non-hydrogen) atoms. The van der Waals surface area contributed by atoms with Crippen LogP contribution in [0.1, 0.15) is 37.3 Å². The highest BCUT2D eigenvalue weighted by Gasteiger charge is 2.62. The summed E-state index contributed by atoms with van der Waals surface area (Å²) in [6, 6.07) is 13.2. The van der Waals surface area contributed by atoms with Gasteiger partial charge < -0.3 is 10.0 Å². The Labute approximate surface area is 174 Å². The second kappa shape index (κ2) is 7.58. The molecule has 1 saturated heterocycles. The zero-order chi connectivity index (χ0) is 21.5. The number of hydrogen-bond acceptors (Lipinski definition) is 3. The Morgan fingerprint density at radius 1 is 1.03 bits per heavy atom. The standard InChI is InChI=1S/C24H25F2NO3/c1-16(28)23(17-5-3-2-4-6-17)9-11-27(12-10-23)15-19-14-24(19,22(29)30)18-7-8-20(25)21(26)13-18/h2-8,13,19H,9-12,14-15H2,1H3,(H,29,30). The predicted molar refractivity (Wildman–Crippen MR) is 108 cm³/mol. The van der Waals surface area contributed by atoms with E-state index in [1.807, 2.05) is 30.3 Å². The van der Waals surface area contributed by atoms with Gasteiger partial charge in [0.05, 0.1) is 10.8 Å². The van der Waals surface area contributed by atoms with Crippen LogP contribution in [0.15, 0.2) is 48.5 Å². The van der Waals surface area contributed by atoms with Crippen LogP contribution in [0.3, 0.4) is 0 Å². The SMILES string of the molecule is CC(=O)C1(c2ccccc2)CCN(CC2CC2(C(=O)O)c2ccc(F)c(F)c2)CC1. The highest BCUT2D eigenvalue weighted by molar-refractivity contribution is 5.88. The van der Waals surface area contributed by atoms with Gasteiger partial charge in [-0.05, 0) is 68.5 Å². The Kier molecular flexibility index (Phi) is 5.22. The summed E-state index contributed by atoms with van der Waals surface area (Å²) in [4.78, 5) is 26.8. The first-order chi connectivity index (χ1) is 14.3. The van der Waals surface area contributed by atoms with Crippen molar-refractivity contribution in [3.63, 3.8) is 0 Å². The highest BCUT2D eigenvalue weighted by atomic mass is 19.2. The van der Waals surface area contributed by atoms with Gasteiger partial charge in [0.15, 0.2) is 11.6 Å². The van der Waals surface area contributed by atoms with Crippen molar-refractivity contribution in [2.75, 3.05) is 19.6 Å². The molecule has 6 heteroatoms. The third-order valence-corrected chi connectivity index (χ3v) is 7.11. The molecule has 0 radical (unpaired) electrons. The molecule has 2 aliphatic rings. The van der Waals surface area contributed by atoms with Gasteiger partial charge >= 0.3 is 5.97 Å². The lowest BCUT2D eigenvalue weighted by atomic mass is 9.70. The first-order valence-electron chi connectivity index (χ1n) is 10.3. The number of likely N-dealkylation sites (tertiary alicyclic amines) is 1. The fourth-order valence-corrected chi connectivity index (χ4v) is 5.09. The number of nitrogens with zero attached hydrogens (tertiary/aromatic N) is 1. The van der Waals surface area contributed by atoms with Gasteiger partial charge in [0.1, 0.15) is 5.78 Å². The first-order valence-corrected chi connectivity index (χ1v) is 10.3. The van der Waals surface area contributed by atoms with E-state index in [1.165, 1.54) is 6.07 Å². The molecule has 0 bridgehead atoms. The van der Waals surface area contributed by atoms with Crippen molar-refractivity contribution in [1.82, 2.24) is 4.90 Å². The van der Waals surface area contributed by atoms with Crippen molar-refractivity contribution >= 4 is 11.8 Å². The lowest BCUT2D eigenvalue weighted by molar-refractivity contribution is -0.140. The molecule has 1 N–H and O–H groups in total. The number of rotatable bonds is 6. The second-order valence-electron chi connectivity index (χ2n) is 8.61. The number of carboxylic acids is 1. The molecule has 2 fully saturated rings. The van der Waals surface area contributed by atoms with Gasteiger partial charge in [0.2, 0.25) is 0 Å². The molecule has 1 heterocycles.